The van der Waals surface area contributed by atoms with Crippen molar-refractivity contribution < 1.29 is 0 Å². The van der Waals surface area contributed by atoms with Crippen molar-refractivity contribution in [3.8, 4) is 55.9 Å². The normalized spacial score (nSPS) is 13.1. The van der Waals surface area contributed by atoms with Gasteiger partial charge in [-0.15, -0.1) is 0 Å². The van der Waals surface area contributed by atoms with Gasteiger partial charge in [0.05, 0.1) is 11.4 Å². The Labute approximate surface area is 298 Å². The van der Waals surface area contributed by atoms with Gasteiger partial charge in [0, 0.05) is 16.5 Å². The third kappa shape index (κ3) is 4.66. The second-order valence-electron chi connectivity index (χ2n) is 14.3. The molecule has 0 unspecified atom stereocenters. The highest BCUT2D eigenvalue weighted by Gasteiger charge is 2.35. The summed E-state index contributed by atoms with van der Waals surface area (Å²) in [5.41, 5.74) is 14.5. The highest BCUT2D eigenvalue weighted by molar-refractivity contribution is 6.29. The molecular weight excluding hydrogens is 615 g/mol. The lowest BCUT2D eigenvalue weighted by Gasteiger charge is -2.22. The molecule has 0 aliphatic heterocycles. The summed E-state index contributed by atoms with van der Waals surface area (Å²) in [5, 5.41) is 7.61. The van der Waals surface area contributed by atoms with Crippen LogP contribution in [0.25, 0.3) is 88.2 Å². The van der Waals surface area contributed by atoms with Crippen molar-refractivity contribution in [1.29, 1.82) is 0 Å². The second kappa shape index (κ2) is 11.4. The van der Waals surface area contributed by atoms with Crippen molar-refractivity contribution >= 4 is 32.3 Å². The highest BCUT2D eigenvalue weighted by atomic mass is 14.7. The van der Waals surface area contributed by atoms with Crippen LogP contribution in [-0.2, 0) is 5.41 Å². The maximum atomic E-state index is 5.18. The largest absolute Gasteiger partial charge is 0.248 e. The topological polar surface area (TPSA) is 12.9 Å². The van der Waals surface area contributed by atoms with E-state index in [4.69, 9.17) is 4.98 Å². The van der Waals surface area contributed by atoms with Crippen molar-refractivity contribution in [2.24, 2.45) is 0 Å². The van der Waals surface area contributed by atoms with E-state index in [1.54, 1.807) is 0 Å². The van der Waals surface area contributed by atoms with Crippen LogP contribution < -0.4 is 0 Å². The molecule has 1 aromatic heterocycles. The lowest BCUT2D eigenvalue weighted by molar-refractivity contribution is 0.660. The van der Waals surface area contributed by atoms with Crippen LogP contribution in [0.4, 0.5) is 0 Å². The fraction of sp³-hybridized carbons (Fsp3) is 0.0600. The van der Waals surface area contributed by atoms with Gasteiger partial charge in [-0.3, -0.25) is 0 Å². The summed E-state index contributed by atoms with van der Waals surface area (Å²) >= 11 is 0. The van der Waals surface area contributed by atoms with Crippen molar-refractivity contribution in [3.05, 3.63) is 187 Å². The van der Waals surface area contributed by atoms with E-state index in [0.29, 0.717) is 0 Å². The number of hydrogen-bond donors (Lipinski definition) is 0. The first-order valence-corrected chi connectivity index (χ1v) is 17.8. The van der Waals surface area contributed by atoms with Gasteiger partial charge in [0.15, 0.2) is 0 Å². The molecule has 1 aliphatic rings. The summed E-state index contributed by atoms with van der Waals surface area (Å²) in [4.78, 5) is 5.18. The molecule has 0 amide bonds. The van der Waals surface area contributed by atoms with Crippen LogP contribution in [0.15, 0.2) is 176 Å². The van der Waals surface area contributed by atoms with E-state index in [1.165, 1.54) is 71.3 Å². The molecule has 0 atom stereocenters. The molecule has 0 N–H and O–H groups in total. The smallest absolute Gasteiger partial charge is 0.0715 e. The van der Waals surface area contributed by atoms with Crippen LogP contribution >= 0.6 is 0 Å². The number of hydrogen-bond acceptors (Lipinski definition) is 1. The fourth-order valence-electron chi connectivity index (χ4n) is 8.51. The Bertz CT molecular complexity index is 2750. The molecule has 0 bridgehead atoms. The number of benzene rings is 8. The molecule has 1 aliphatic carbocycles. The van der Waals surface area contributed by atoms with Gasteiger partial charge in [-0.05, 0) is 101 Å². The zero-order valence-electron chi connectivity index (χ0n) is 28.7. The summed E-state index contributed by atoms with van der Waals surface area (Å²) in [6.45, 7) is 4.71. The van der Waals surface area contributed by atoms with E-state index in [0.717, 1.165) is 28.1 Å². The molecule has 1 heteroatoms. The Balaban J connectivity index is 1.21. The molecule has 0 spiro atoms. The van der Waals surface area contributed by atoms with E-state index in [1.807, 2.05) is 0 Å². The predicted octanol–water partition coefficient (Wildman–Crippen LogP) is 13.5. The first-order chi connectivity index (χ1) is 25.0. The molecule has 0 radical (unpaired) electrons. The SMILES string of the molecule is CC1(C)c2ccccc2-c2ccc(-c3ccc4c(c3)c3ccccc3c3cccc(-c5cc(-c6ccccc6)nc(-c6ccccc6)c5)c34)cc21. The molecule has 9 aromatic rings. The molecule has 0 saturated heterocycles. The van der Waals surface area contributed by atoms with Crippen molar-refractivity contribution in [2.45, 2.75) is 19.3 Å². The number of rotatable bonds is 4. The average Bonchev–Trinajstić information content (AvgIpc) is 3.43. The first kappa shape index (κ1) is 29.6. The summed E-state index contributed by atoms with van der Waals surface area (Å²) < 4.78 is 0. The van der Waals surface area contributed by atoms with Gasteiger partial charge < -0.3 is 0 Å². The minimum atomic E-state index is -0.0433. The molecule has 10 rings (SSSR count). The lowest BCUT2D eigenvalue weighted by Crippen LogP contribution is -2.14. The van der Waals surface area contributed by atoms with Gasteiger partial charge in [-0.2, -0.15) is 0 Å². The third-order valence-corrected chi connectivity index (χ3v) is 11.1. The van der Waals surface area contributed by atoms with Crippen LogP contribution in [0.2, 0.25) is 0 Å². The van der Waals surface area contributed by atoms with Crippen LogP contribution in [0, 0.1) is 0 Å². The minimum absolute atomic E-state index is 0.0433. The molecule has 8 aromatic carbocycles. The second-order valence-corrected chi connectivity index (χ2v) is 14.3. The molecule has 0 fully saturated rings. The molecule has 1 heterocycles. The first-order valence-electron chi connectivity index (χ1n) is 17.8. The fourth-order valence-corrected chi connectivity index (χ4v) is 8.51. The average molecular weight is 650 g/mol. The number of aromatic nitrogens is 1. The van der Waals surface area contributed by atoms with Gasteiger partial charge in [0.25, 0.3) is 0 Å². The van der Waals surface area contributed by atoms with Crippen LogP contribution in [0.5, 0.6) is 0 Å². The maximum Gasteiger partial charge on any atom is 0.0715 e. The lowest BCUT2D eigenvalue weighted by atomic mass is 9.81. The Morgan fingerprint density at radius 1 is 0.333 bits per heavy atom. The van der Waals surface area contributed by atoms with E-state index in [2.05, 4.69) is 190 Å². The summed E-state index contributed by atoms with van der Waals surface area (Å²) in [5.74, 6) is 0. The van der Waals surface area contributed by atoms with Crippen LogP contribution in [-0.4, -0.2) is 4.98 Å². The van der Waals surface area contributed by atoms with E-state index < -0.39 is 0 Å². The highest BCUT2D eigenvalue weighted by Crippen LogP contribution is 2.50. The summed E-state index contributed by atoms with van der Waals surface area (Å²) in [7, 11) is 0. The molecule has 0 saturated carbocycles. The van der Waals surface area contributed by atoms with E-state index in [9.17, 15) is 0 Å². The Morgan fingerprint density at radius 3 is 1.59 bits per heavy atom. The van der Waals surface area contributed by atoms with Gasteiger partial charge >= 0.3 is 0 Å². The summed E-state index contributed by atoms with van der Waals surface area (Å²) in [6.07, 6.45) is 0. The number of nitrogens with zero attached hydrogens (tertiary/aromatic N) is 1. The van der Waals surface area contributed by atoms with Gasteiger partial charge in [0.1, 0.15) is 0 Å². The zero-order valence-corrected chi connectivity index (χ0v) is 28.7. The molecule has 51 heavy (non-hydrogen) atoms. The zero-order chi connectivity index (χ0) is 34.1. The molecular formula is C50H35N. The Kier molecular flexibility index (Phi) is 6.60. The number of pyridine rings is 1. The van der Waals surface area contributed by atoms with Crippen LogP contribution in [0.1, 0.15) is 25.0 Å². The van der Waals surface area contributed by atoms with Crippen molar-refractivity contribution in [1.82, 2.24) is 4.98 Å². The van der Waals surface area contributed by atoms with Gasteiger partial charge in [-0.25, -0.2) is 4.98 Å². The molecule has 240 valence electrons. The minimum Gasteiger partial charge on any atom is -0.248 e. The predicted molar refractivity (Wildman–Crippen MR) is 216 cm³/mol. The summed E-state index contributed by atoms with van der Waals surface area (Å²) in [6, 6.07) is 64.3. The Morgan fingerprint density at radius 2 is 0.863 bits per heavy atom. The van der Waals surface area contributed by atoms with E-state index in [-0.39, 0.29) is 5.41 Å². The van der Waals surface area contributed by atoms with Gasteiger partial charge in [0.2, 0.25) is 0 Å². The molecule has 1 nitrogen and oxygen atoms in total. The van der Waals surface area contributed by atoms with Crippen molar-refractivity contribution in [3.63, 3.8) is 0 Å². The standard InChI is InChI=1S/C50H35N/c1-50(2)45-23-12-11-20-40(45)41-26-24-35(29-46(41)50)34-25-27-43-44(28-34)39-19-10-9-18-38(39)42-22-13-21-37(49(42)43)36-30-47(32-14-5-3-6-15-32)51-48(31-36)33-16-7-4-8-17-33/h3-31H,1-2H3. The van der Waals surface area contributed by atoms with Crippen LogP contribution in [0.3, 0.4) is 0 Å². The maximum absolute atomic E-state index is 5.18. The quantitative estimate of drug-likeness (QED) is 0.173. The third-order valence-electron chi connectivity index (χ3n) is 11.1. The Hall–Kier alpha value is -6.31. The monoisotopic (exact) mass is 649 g/mol. The number of fused-ring (bicyclic) bond motifs is 9. The van der Waals surface area contributed by atoms with Crippen molar-refractivity contribution in [2.75, 3.05) is 0 Å². The van der Waals surface area contributed by atoms with E-state index >= 15 is 0 Å². The van der Waals surface area contributed by atoms with Gasteiger partial charge in [-0.1, -0.05) is 166 Å².